The Bertz CT molecular complexity index is 1300. The number of hydrogen-bond acceptors (Lipinski definition) is 7. The molecule has 2 fully saturated rings. The molecule has 6 rings (SSSR count). The summed E-state index contributed by atoms with van der Waals surface area (Å²) in [5, 5.41) is 23.0. The van der Waals surface area contributed by atoms with E-state index in [1.165, 1.54) is 16.9 Å². The topological polar surface area (TPSA) is 112 Å². The van der Waals surface area contributed by atoms with Crippen LogP contribution in [0.3, 0.4) is 0 Å². The minimum Gasteiger partial charge on any atom is -0.483 e. The van der Waals surface area contributed by atoms with Gasteiger partial charge in [0.15, 0.2) is 0 Å². The lowest BCUT2D eigenvalue weighted by Gasteiger charge is -2.50. The van der Waals surface area contributed by atoms with Crippen LogP contribution in [0.2, 0.25) is 0 Å². The Morgan fingerprint density at radius 3 is 2.64 bits per heavy atom. The zero-order chi connectivity index (χ0) is 25.8. The number of aliphatic hydroxyl groups excluding tert-OH is 1. The van der Waals surface area contributed by atoms with Gasteiger partial charge in [0.2, 0.25) is 5.91 Å². The molecule has 0 unspecified atom stereocenters. The van der Waals surface area contributed by atoms with Crippen LogP contribution in [0.15, 0.2) is 35.5 Å². The van der Waals surface area contributed by atoms with Gasteiger partial charge in [0, 0.05) is 42.8 Å². The first-order chi connectivity index (χ1) is 16.9. The number of rotatable bonds is 1. The van der Waals surface area contributed by atoms with Crippen molar-refractivity contribution in [3.05, 3.63) is 41.6 Å². The van der Waals surface area contributed by atoms with Crippen molar-refractivity contribution in [2.45, 2.75) is 69.6 Å². The second-order valence-corrected chi connectivity index (χ2v) is 11.4. The summed E-state index contributed by atoms with van der Waals surface area (Å²) in [5.74, 6) is -0.210. The van der Waals surface area contributed by atoms with Crippen molar-refractivity contribution in [3.63, 3.8) is 0 Å². The Morgan fingerprint density at radius 1 is 1.17 bits per heavy atom. The maximum atomic E-state index is 13.8. The molecular formula is C27H31N3O6. The highest BCUT2D eigenvalue weighted by Gasteiger charge is 2.65. The molecule has 36 heavy (non-hydrogen) atoms. The highest BCUT2D eigenvalue weighted by Crippen LogP contribution is 2.53. The molecule has 0 aliphatic carbocycles. The molecule has 1 aromatic carbocycles. The molecule has 9 heteroatoms. The number of hydrogen-bond donors (Lipinski definition) is 2. The van der Waals surface area contributed by atoms with E-state index in [1.54, 1.807) is 18.3 Å². The van der Waals surface area contributed by atoms with Crippen LogP contribution in [0.25, 0.3) is 6.08 Å². The second-order valence-electron chi connectivity index (χ2n) is 11.4. The number of piperazine rings is 1. The van der Waals surface area contributed by atoms with Crippen LogP contribution in [0, 0.1) is 5.41 Å². The van der Waals surface area contributed by atoms with E-state index in [0.29, 0.717) is 22.7 Å². The number of amides is 2. The summed E-state index contributed by atoms with van der Waals surface area (Å²) in [7, 11) is 1.33. The van der Waals surface area contributed by atoms with Crippen LogP contribution in [0.5, 0.6) is 5.75 Å². The maximum absolute atomic E-state index is 13.8. The minimum absolute atomic E-state index is 0.0710. The average Bonchev–Trinajstić information content (AvgIpc) is 3.31. The highest BCUT2D eigenvalue weighted by molar-refractivity contribution is 6.08. The normalized spacial score (nSPS) is 36.0. The zero-order valence-electron chi connectivity index (χ0n) is 21.1. The third kappa shape index (κ3) is 2.79. The predicted molar refractivity (Wildman–Crippen MR) is 131 cm³/mol. The van der Waals surface area contributed by atoms with Crippen LogP contribution in [-0.4, -0.2) is 74.7 Å². The Balaban J connectivity index is 1.51. The van der Waals surface area contributed by atoms with Gasteiger partial charge in [-0.2, -0.15) is 0 Å². The van der Waals surface area contributed by atoms with E-state index < -0.39 is 40.4 Å². The van der Waals surface area contributed by atoms with Crippen molar-refractivity contribution in [1.29, 1.82) is 0 Å². The monoisotopic (exact) mass is 493 g/mol. The van der Waals surface area contributed by atoms with Crippen molar-refractivity contribution in [3.8, 4) is 5.75 Å². The van der Waals surface area contributed by atoms with Crippen molar-refractivity contribution in [2.75, 3.05) is 13.7 Å². The Kier molecular flexibility index (Phi) is 4.58. The molecule has 1 aromatic rings. The standard InChI is InChI=1S/C27H31N3O6/c1-24(2)11-13-29-17(21(32)30-12-9-19(31)27(30,35-5)23(29)33)14-26(34)16-6-7-18-15(20(16)28-22(24)26)8-10-25(3,4)36-18/h6-8,10-11,13,17,19,31,34H,9,12,14H2,1-5H3/b13-11-/t17-,19-,26-,27+/m0/s1. The SMILES string of the molecule is CO[C@]12C(=O)N3/C=C\C(C)(C)C4=Nc5c(ccc6c5C=CC(C)(C)O6)[C@@]4(O)C[C@H]3C(=O)N1CC[C@@H]2O. The van der Waals surface area contributed by atoms with Crippen molar-refractivity contribution >= 4 is 29.3 Å². The minimum atomic E-state index is -1.76. The van der Waals surface area contributed by atoms with Crippen LogP contribution in [0.4, 0.5) is 5.69 Å². The molecule has 5 aliphatic rings. The van der Waals surface area contributed by atoms with Gasteiger partial charge in [0.1, 0.15) is 29.1 Å². The lowest BCUT2D eigenvalue weighted by Crippen LogP contribution is -2.73. The molecule has 2 N–H and O–H groups in total. The fourth-order valence-electron chi connectivity index (χ4n) is 6.38. The van der Waals surface area contributed by atoms with Crippen molar-refractivity contribution in [1.82, 2.24) is 9.80 Å². The number of ether oxygens (including phenoxy) is 2. The third-order valence-electron chi connectivity index (χ3n) is 8.23. The number of carbonyl (C=O) groups excluding carboxylic acids is 2. The molecule has 0 saturated carbocycles. The third-order valence-corrected chi connectivity index (χ3v) is 8.23. The number of aliphatic imine (C=N–C) groups is 1. The number of carbonyl (C=O) groups is 2. The summed E-state index contributed by atoms with van der Waals surface area (Å²) in [6.45, 7) is 7.97. The van der Waals surface area contributed by atoms with Crippen LogP contribution < -0.4 is 4.74 Å². The van der Waals surface area contributed by atoms with Crippen LogP contribution in [0.1, 0.15) is 51.7 Å². The average molecular weight is 494 g/mol. The first-order valence-corrected chi connectivity index (χ1v) is 12.3. The molecule has 0 spiro atoms. The molecule has 2 amide bonds. The van der Waals surface area contributed by atoms with E-state index in [-0.39, 0.29) is 25.3 Å². The van der Waals surface area contributed by atoms with Gasteiger partial charge in [-0.05, 0) is 44.6 Å². The number of nitrogens with zero attached hydrogens (tertiary/aromatic N) is 3. The fraction of sp³-hybridized carbons (Fsp3) is 0.519. The van der Waals surface area contributed by atoms with E-state index in [2.05, 4.69) is 0 Å². The highest BCUT2D eigenvalue weighted by atomic mass is 16.5. The summed E-state index contributed by atoms with van der Waals surface area (Å²) < 4.78 is 11.7. The molecule has 0 aromatic heterocycles. The van der Waals surface area contributed by atoms with Gasteiger partial charge >= 0.3 is 0 Å². The summed E-state index contributed by atoms with van der Waals surface area (Å²) >= 11 is 0. The number of allylic oxidation sites excluding steroid dienone is 1. The molecule has 4 atom stereocenters. The quantitative estimate of drug-likeness (QED) is 0.621. The van der Waals surface area contributed by atoms with Gasteiger partial charge in [0.25, 0.3) is 11.6 Å². The molecule has 190 valence electrons. The molecule has 5 heterocycles. The van der Waals surface area contributed by atoms with Crippen LogP contribution >= 0.6 is 0 Å². The van der Waals surface area contributed by atoms with Crippen LogP contribution in [-0.2, 0) is 19.9 Å². The van der Waals surface area contributed by atoms with Gasteiger partial charge in [-0.25, -0.2) is 0 Å². The molecule has 5 aliphatic heterocycles. The Labute approximate surface area is 209 Å². The molecule has 2 saturated heterocycles. The predicted octanol–water partition coefficient (Wildman–Crippen LogP) is 2.23. The van der Waals surface area contributed by atoms with Gasteiger partial charge < -0.3 is 29.5 Å². The maximum Gasteiger partial charge on any atom is 0.283 e. The van der Waals surface area contributed by atoms with E-state index in [1.807, 2.05) is 45.9 Å². The Morgan fingerprint density at radius 2 is 1.92 bits per heavy atom. The smallest absolute Gasteiger partial charge is 0.283 e. The lowest BCUT2D eigenvalue weighted by atomic mass is 9.71. The summed E-state index contributed by atoms with van der Waals surface area (Å²) in [6, 6.07) is 2.65. The van der Waals surface area contributed by atoms with Crippen molar-refractivity contribution < 1.29 is 29.3 Å². The van der Waals surface area contributed by atoms with Crippen molar-refractivity contribution in [2.24, 2.45) is 10.4 Å². The Hall–Kier alpha value is -3.01. The van der Waals surface area contributed by atoms with Gasteiger partial charge in [-0.3, -0.25) is 14.6 Å². The molecule has 0 bridgehead atoms. The van der Waals surface area contributed by atoms with E-state index >= 15 is 0 Å². The fourth-order valence-corrected chi connectivity index (χ4v) is 6.38. The molecule has 0 radical (unpaired) electrons. The number of aliphatic hydroxyl groups is 2. The largest absolute Gasteiger partial charge is 0.483 e. The first kappa shape index (κ1) is 23.4. The zero-order valence-corrected chi connectivity index (χ0v) is 21.1. The summed E-state index contributed by atoms with van der Waals surface area (Å²) in [4.78, 5) is 35.2. The number of methoxy groups -OCH3 is 1. The van der Waals surface area contributed by atoms with E-state index in [9.17, 15) is 19.8 Å². The number of fused-ring (bicyclic) bond motifs is 7. The number of benzene rings is 1. The van der Waals surface area contributed by atoms with E-state index in [4.69, 9.17) is 14.5 Å². The molecule has 9 nitrogen and oxygen atoms in total. The van der Waals surface area contributed by atoms with Gasteiger partial charge in [-0.1, -0.05) is 19.9 Å². The van der Waals surface area contributed by atoms with Gasteiger partial charge in [-0.15, -0.1) is 0 Å². The lowest BCUT2D eigenvalue weighted by molar-refractivity contribution is -0.211. The van der Waals surface area contributed by atoms with E-state index in [0.717, 1.165) is 5.56 Å². The first-order valence-electron chi connectivity index (χ1n) is 12.3. The summed E-state index contributed by atoms with van der Waals surface area (Å²) in [5.41, 5.74) is -2.08. The molecular weight excluding hydrogens is 462 g/mol. The summed E-state index contributed by atoms with van der Waals surface area (Å²) in [6.07, 6.45) is 6.31. The van der Waals surface area contributed by atoms with Gasteiger partial charge in [0.05, 0.1) is 11.4 Å². The second kappa shape index (κ2) is 7.06.